The van der Waals surface area contributed by atoms with Crippen LogP contribution >= 0.6 is 0 Å². The maximum atomic E-state index is 4.53. The fraction of sp³-hybridized carbons (Fsp3) is 0.133. The van der Waals surface area contributed by atoms with Crippen molar-refractivity contribution in [3.05, 3.63) is 60.2 Å². The van der Waals surface area contributed by atoms with Crippen molar-refractivity contribution in [2.45, 2.75) is 6.54 Å². The Morgan fingerprint density at radius 2 is 1.74 bits per heavy atom. The molecular formula is C15H16N4. The monoisotopic (exact) mass is 252 g/mol. The van der Waals surface area contributed by atoms with E-state index in [-0.39, 0.29) is 0 Å². The fourth-order valence-corrected chi connectivity index (χ4v) is 2.12. The second-order valence-corrected chi connectivity index (χ2v) is 4.33. The topological polar surface area (TPSA) is 41.9 Å². The first kappa shape index (κ1) is 11.6. The van der Waals surface area contributed by atoms with Crippen LogP contribution in [-0.2, 0) is 6.54 Å². The number of nitrogens with one attached hydrogen (secondary N) is 2. The van der Waals surface area contributed by atoms with Gasteiger partial charge in [0, 0.05) is 7.05 Å². The number of imidazole rings is 1. The molecule has 0 saturated carbocycles. The summed E-state index contributed by atoms with van der Waals surface area (Å²) in [5, 5.41) is 3.11. The van der Waals surface area contributed by atoms with Crippen LogP contribution in [0.15, 0.2) is 54.6 Å². The van der Waals surface area contributed by atoms with E-state index in [2.05, 4.69) is 33.9 Å². The molecule has 19 heavy (non-hydrogen) atoms. The Morgan fingerprint density at radius 1 is 1.00 bits per heavy atom. The predicted molar refractivity (Wildman–Crippen MR) is 78.8 cm³/mol. The van der Waals surface area contributed by atoms with Crippen molar-refractivity contribution in [3.8, 4) is 0 Å². The lowest BCUT2D eigenvalue weighted by Crippen LogP contribution is -2.16. The van der Waals surface area contributed by atoms with E-state index in [1.807, 2.05) is 48.1 Å². The molecule has 2 N–H and O–H groups in total. The van der Waals surface area contributed by atoms with Crippen molar-refractivity contribution in [2.75, 3.05) is 17.8 Å². The van der Waals surface area contributed by atoms with Crippen LogP contribution in [0.5, 0.6) is 0 Å². The van der Waals surface area contributed by atoms with Crippen molar-refractivity contribution in [2.24, 2.45) is 0 Å². The average molecular weight is 252 g/mol. The quantitative estimate of drug-likeness (QED) is 0.750. The highest BCUT2D eigenvalue weighted by Crippen LogP contribution is 2.17. The number of hydrogen-bond acceptors (Lipinski definition) is 3. The molecule has 2 aromatic carbocycles. The van der Waals surface area contributed by atoms with Crippen molar-refractivity contribution in [1.82, 2.24) is 9.66 Å². The molecule has 0 atom stereocenters. The molecule has 3 aromatic rings. The molecule has 96 valence electrons. The number of nitrogens with zero attached hydrogens (tertiary/aromatic N) is 2. The third-order valence-electron chi connectivity index (χ3n) is 3.07. The molecule has 0 spiro atoms. The number of aromatic nitrogens is 2. The fourth-order valence-electron chi connectivity index (χ4n) is 2.12. The summed E-state index contributed by atoms with van der Waals surface area (Å²) in [7, 11) is 1.88. The van der Waals surface area contributed by atoms with Crippen LogP contribution in [0.1, 0.15) is 5.56 Å². The molecule has 0 unspecified atom stereocenters. The first-order valence-electron chi connectivity index (χ1n) is 6.31. The summed E-state index contributed by atoms with van der Waals surface area (Å²) in [4.78, 5) is 4.53. The van der Waals surface area contributed by atoms with Crippen LogP contribution in [0.25, 0.3) is 11.0 Å². The van der Waals surface area contributed by atoms with Gasteiger partial charge in [-0.1, -0.05) is 42.5 Å². The average Bonchev–Trinajstić information content (AvgIpc) is 2.84. The molecule has 0 aliphatic rings. The lowest BCUT2D eigenvalue weighted by molar-refractivity contribution is 0.868. The van der Waals surface area contributed by atoms with Crippen LogP contribution in [0.3, 0.4) is 0 Å². The predicted octanol–water partition coefficient (Wildman–Crippen LogP) is 2.82. The van der Waals surface area contributed by atoms with Gasteiger partial charge in [-0.05, 0) is 17.7 Å². The van der Waals surface area contributed by atoms with E-state index in [1.54, 1.807) is 0 Å². The van der Waals surface area contributed by atoms with E-state index >= 15 is 0 Å². The van der Waals surface area contributed by atoms with Crippen molar-refractivity contribution in [1.29, 1.82) is 0 Å². The van der Waals surface area contributed by atoms with Crippen LogP contribution in [0.2, 0.25) is 0 Å². The molecule has 0 amide bonds. The standard InChI is InChI=1S/C15H16N4/c1-16-15-18-13-9-5-6-10-14(13)19(15)17-11-12-7-3-2-4-8-12/h2-10,17H,11H2,1H3,(H,16,18). The van der Waals surface area contributed by atoms with Gasteiger partial charge >= 0.3 is 0 Å². The van der Waals surface area contributed by atoms with Gasteiger partial charge in [0.15, 0.2) is 0 Å². The van der Waals surface area contributed by atoms with Gasteiger partial charge in [0.25, 0.3) is 0 Å². The Bertz CT molecular complexity index is 673. The van der Waals surface area contributed by atoms with Crippen molar-refractivity contribution in [3.63, 3.8) is 0 Å². The van der Waals surface area contributed by atoms with Crippen molar-refractivity contribution < 1.29 is 0 Å². The maximum absolute atomic E-state index is 4.53. The Balaban J connectivity index is 1.91. The van der Waals surface area contributed by atoms with Crippen LogP contribution < -0.4 is 10.7 Å². The van der Waals surface area contributed by atoms with Crippen LogP contribution in [-0.4, -0.2) is 16.7 Å². The number of fused-ring (bicyclic) bond motifs is 1. The summed E-state index contributed by atoms with van der Waals surface area (Å²) in [5.74, 6) is 0.817. The Hall–Kier alpha value is -2.49. The molecule has 0 radical (unpaired) electrons. The largest absolute Gasteiger partial charge is 0.357 e. The van der Waals surface area contributed by atoms with Gasteiger partial charge in [-0.15, -0.1) is 0 Å². The van der Waals surface area contributed by atoms with Gasteiger partial charge < -0.3 is 10.7 Å². The van der Waals surface area contributed by atoms with Crippen molar-refractivity contribution >= 4 is 17.0 Å². The Labute approximate surface area is 112 Å². The summed E-state index contributed by atoms with van der Waals surface area (Å²) in [5.41, 5.74) is 6.68. The molecular weight excluding hydrogens is 236 g/mol. The number of benzene rings is 2. The van der Waals surface area contributed by atoms with E-state index < -0.39 is 0 Å². The lowest BCUT2D eigenvalue weighted by atomic mass is 10.2. The zero-order valence-corrected chi connectivity index (χ0v) is 10.8. The summed E-state index contributed by atoms with van der Waals surface area (Å²) in [6.45, 7) is 0.760. The molecule has 0 fully saturated rings. The molecule has 1 aromatic heterocycles. The number of hydrogen-bond donors (Lipinski definition) is 2. The highest BCUT2D eigenvalue weighted by atomic mass is 15.5. The van der Waals surface area contributed by atoms with Crippen LogP contribution in [0, 0.1) is 0 Å². The summed E-state index contributed by atoms with van der Waals surface area (Å²) < 4.78 is 1.99. The van der Waals surface area contributed by atoms with E-state index in [0.717, 1.165) is 23.5 Å². The van der Waals surface area contributed by atoms with Gasteiger partial charge in [0.05, 0.1) is 17.6 Å². The molecule has 4 nitrogen and oxygen atoms in total. The first-order chi connectivity index (χ1) is 9.38. The van der Waals surface area contributed by atoms with E-state index in [4.69, 9.17) is 0 Å². The zero-order chi connectivity index (χ0) is 13.1. The molecule has 0 aliphatic heterocycles. The third kappa shape index (κ3) is 2.25. The molecule has 4 heteroatoms. The van der Waals surface area contributed by atoms with Crippen LogP contribution in [0.4, 0.5) is 5.95 Å². The number of rotatable bonds is 4. The Kier molecular flexibility index (Phi) is 3.06. The summed E-state index contributed by atoms with van der Waals surface area (Å²) >= 11 is 0. The second-order valence-electron chi connectivity index (χ2n) is 4.33. The van der Waals surface area contributed by atoms with Gasteiger partial charge in [-0.3, -0.25) is 0 Å². The van der Waals surface area contributed by atoms with Gasteiger partial charge in [0.2, 0.25) is 5.95 Å². The minimum absolute atomic E-state index is 0.760. The van der Waals surface area contributed by atoms with E-state index in [1.165, 1.54) is 5.56 Å². The second kappa shape index (κ2) is 5.02. The molecule has 0 bridgehead atoms. The molecule has 3 rings (SSSR count). The van der Waals surface area contributed by atoms with E-state index in [9.17, 15) is 0 Å². The normalized spacial score (nSPS) is 10.6. The highest BCUT2D eigenvalue weighted by molar-refractivity contribution is 5.78. The Morgan fingerprint density at radius 3 is 2.53 bits per heavy atom. The molecule has 0 aliphatic carbocycles. The molecule has 1 heterocycles. The smallest absolute Gasteiger partial charge is 0.222 e. The minimum atomic E-state index is 0.760. The van der Waals surface area contributed by atoms with Gasteiger partial charge in [-0.2, -0.15) is 0 Å². The summed E-state index contributed by atoms with van der Waals surface area (Å²) in [6, 6.07) is 18.4. The van der Waals surface area contributed by atoms with E-state index in [0.29, 0.717) is 0 Å². The SMILES string of the molecule is CNc1nc2ccccc2n1NCc1ccccc1. The maximum Gasteiger partial charge on any atom is 0.222 e. The first-order valence-corrected chi connectivity index (χ1v) is 6.31. The van der Waals surface area contributed by atoms with Gasteiger partial charge in [0.1, 0.15) is 0 Å². The summed E-state index contributed by atoms with van der Waals surface area (Å²) in [6.07, 6.45) is 0. The third-order valence-corrected chi connectivity index (χ3v) is 3.07. The minimum Gasteiger partial charge on any atom is -0.357 e. The van der Waals surface area contributed by atoms with Gasteiger partial charge in [-0.25, -0.2) is 9.66 Å². The highest BCUT2D eigenvalue weighted by Gasteiger charge is 2.08. The number of para-hydroxylation sites is 2. The lowest BCUT2D eigenvalue weighted by Gasteiger charge is -2.11. The number of anilines is 1. The molecule has 0 saturated heterocycles. The zero-order valence-electron chi connectivity index (χ0n) is 10.8.